The Morgan fingerprint density at radius 1 is 1.30 bits per heavy atom. The molecule has 0 aliphatic heterocycles. The van der Waals surface area contributed by atoms with Gasteiger partial charge in [-0.3, -0.25) is 0 Å². The molecular weight excluding hydrogens is 277 g/mol. The molecule has 0 aliphatic rings. The van der Waals surface area contributed by atoms with E-state index in [1.54, 1.807) is 37.3 Å². The second-order valence-corrected chi connectivity index (χ2v) is 5.29. The van der Waals surface area contributed by atoms with Crippen molar-refractivity contribution >= 4 is 11.6 Å². The summed E-state index contributed by atoms with van der Waals surface area (Å²) >= 11 is 5.98. The van der Waals surface area contributed by atoms with Crippen LogP contribution in [-0.4, -0.2) is 5.11 Å². The topological polar surface area (TPSA) is 44.0 Å². The van der Waals surface area contributed by atoms with Crippen LogP contribution in [-0.2, 0) is 12.0 Å². The van der Waals surface area contributed by atoms with E-state index in [2.05, 4.69) is 0 Å². The van der Waals surface area contributed by atoms with Gasteiger partial charge in [0.25, 0.3) is 0 Å². The molecule has 2 rings (SSSR count). The lowest BCUT2D eigenvalue weighted by atomic mass is 9.88. The summed E-state index contributed by atoms with van der Waals surface area (Å²) in [6, 6.07) is 12.9. The molecule has 0 aliphatic carbocycles. The molecule has 0 radical (unpaired) electrons. The van der Waals surface area contributed by atoms with Crippen molar-refractivity contribution in [2.24, 2.45) is 0 Å². The van der Waals surface area contributed by atoms with Crippen LogP contribution in [0.4, 0.5) is 4.39 Å². The number of nitriles is 1. The third-order valence-corrected chi connectivity index (χ3v) is 3.52. The predicted octanol–water partition coefficient (Wildman–Crippen LogP) is 3.80. The van der Waals surface area contributed by atoms with Crippen LogP contribution >= 0.6 is 11.6 Å². The largest absolute Gasteiger partial charge is 0.385 e. The lowest BCUT2D eigenvalue weighted by molar-refractivity contribution is 0.0576. The number of rotatable bonds is 3. The van der Waals surface area contributed by atoms with Crippen LogP contribution in [0.3, 0.4) is 0 Å². The first-order chi connectivity index (χ1) is 9.42. The first kappa shape index (κ1) is 14.5. The minimum absolute atomic E-state index is 0.237. The quantitative estimate of drug-likeness (QED) is 0.934. The van der Waals surface area contributed by atoms with Gasteiger partial charge in [0.05, 0.1) is 17.2 Å². The van der Waals surface area contributed by atoms with Crippen LogP contribution in [0.15, 0.2) is 42.5 Å². The van der Waals surface area contributed by atoms with Gasteiger partial charge in [-0.25, -0.2) is 4.39 Å². The van der Waals surface area contributed by atoms with Gasteiger partial charge in [-0.15, -0.1) is 0 Å². The van der Waals surface area contributed by atoms with E-state index in [1.165, 1.54) is 12.1 Å². The molecule has 1 N–H and O–H groups in total. The van der Waals surface area contributed by atoms with E-state index in [1.807, 2.05) is 6.07 Å². The van der Waals surface area contributed by atoms with E-state index in [-0.39, 0.29) is 11.4 Å². The van der Waals surface area contributed by atoms with Crippen molar-refractivity contribution in [3.8, 4) is 6.07 Å². The molecule has 2 aromatic rings. The van der Waals surface area contributed by atoms with Crippen LogP contribution in [0, 0.1) is 17.1 Å². The maximum Gasteiger partial charge on any atom is 0.124 e. The van der Waals surface area contributed by atoms with Crippen LogP contribution in [0.2, 0.25) is 5.02 Å². The Labute approximate surface area is 122 Å². The normalized spacial score (nSPS) is 13.6. The Bertz CT molecular complexity index is 676. The smallest absolute Gasteiger partial charge is 0.124 e. The minimum Gasteiger partial charge on any atom is -0.385 e. The summed E-state index contributed by atoms with van der Waals surface area (Å²) in [5.41, 5.74) is 0.569. The average molecular weight is 290 g/mol. The number of halogens is 2. The third kappa shape index (κ3) is 3.16. The zero-order valence-electron chi connectivity index (χ0n) is 10.9. The van der Waals surface area contributed by atoms with Gasteiger partial charge in [-0.2, -0.15) is 5.26 Å². The van der Waals surface area contributed by atoms with E-state index in [4.69, 9.17) is 16.9 Å². The molecule has 1 unspecified atom stereocenters. The standard InChI is InChI=1S/C16H13ClFNO/c1-16(20,13-4-2-3-11(7-13)10-19)9-12-5-6-14(18)8-15(12)17/h2-8,20H,9H2,1H3. The zero-order valence-corrected chi connectivity index (χ0v) is 11.7. The predicted molar refractivity (Wildman–Crippen MR) is 75.8 cm³/mol. The molecule has 0 saturated heterocycles. The maximum atomic E-state index is 13.0. The van der Waals surface area contributed by atoms with Crippen molar-refractivity contribution in [1.29, 1.82) is 5.26 Å². The number of nitrogens with zero attached hydrogens (tertiary/aromatic N) is 1. The highest BCUT2D eigenvalue weighted by Crippen LogP contribution is 2.29. The van der Waals surface area contributed by atoms with Crippen molar-refractivity contribution < 1.29 is 9.50 Å². The Balaban J connectivity index is 2.32. The van der Waals surface area contributed by atoms with E-state index in [9.17, 15) is 9.50 Å². The van der Waals surface area contributed by atoms with Gasteiger partial charge in [0, 0.05) is 11.4 Å². The summed E-state index contributed by atoms with van der Waals surface area (Å²) in [5.74, 6) is -0.412. The van der Waals surface area contributed by atoms with Gasteiger partial charge < -0.3 is 5.11 Å². The average Bonchev–Trinajstić information content (AvgIpc) is 2.42. The Morgan fingerprint density at radius 3 is 2.70 bits per heavy atom. The van der Waals surface area contributed by atoms with Crippen molar-refractivity contribution in [2.45, 2.75) is 18.9 Å². The van der Waals surface area contributed by atoms with Gasteiger partial charge >= 0.3 is 0 Å². The summed E-state index contributed by atoms with van der Waals surface area (Å²) in [5, 5.41) is 19.8. The first-order valence-electron chi connectivity index (χ1n) is 6.09. The zero-order chi connectivity index (χ0) is 14.8. The van der Waals surface area contributed by atoms with Crippen LogP contribution in [0.25, 0.3) is 0 Å². The van der Waals surface area contributed by atoms with Gasteiger partial charge in [0.1, 0.15) is 5.82 Å². The molecule has 0 spiro atoms. The number of hydrogen-bond donors (Lipinski definition) is 1. The highest BCUT2D eigenvalue weighted by molar-refractivity contribution is 6.31. The number of hydrogen-bond acceptors (Lipinski definition) is 2. The molecule has 0 fully saturated rings. The molecule has 2 nitrogen and oxygen atoms in total. The first-order valence-corrected chi connectivity index (χ1v) is 6.47. The molecule has 0 bridgehead atoms. The Hall–Kier alpha value is -1.89. The summed E-state index contributed by atoms with van der Waals surface area (Å²) in [4.78, 5) is 0. The molecule has 1 atom stereocenters. The Morgan fingerprint density at radius 2 is 2.05 bits per heavy atom. The summed E-state index contributed by atoms with van der Waals surface area (Å²) in [6.45, 7) is 1.64. The summed E-state index contributed by atoms with van der Waals surface area (Å²) in [6.07, 6.45) is 0.237. The number of aliphatic hydroxyl groups is 1. The summed E-state index contributed by atoms with van der Waals surface area (Å²) < 4.78 is 13.0. The van der Waals surface area contributed by atoms with E-state index in [0.29, 0.717) is 16.7 Å². The fourth-order valence-corrected chi connectivity index (χ4v) is 2.30. The minimum atomic E-state index is -1.19. The van der Waals surface area contributed by atoms with E-state index in [0.717, 1.165) is 0 Å². The highest BCUT2D eigenvalue weighted by Gasteiger charge is 2.25. The lowest BCUT2D eigenvalue weighted by Gasteiger charge is -2.24. The van der Waals surface area contributed by atoms with Crippen LogP contribution in [0.1, 0.15) is 23.6 Å². The van der Waals surface area contributed by atoms with Crippen molar-refractivity contribution in [1.82, 2.24) is 0 Å². The molecule has 0 aromatic heterocycles. The summed E-state index contributed by atoms with van der Waals surface area (Å²) in [7, 11) is 0. The van der Waals surface area contributed by atoms with Crippen LogP contribution in [0.5, 0.6) is 0 Å². The molecule has 4 heteroatoms. The van der Waals surface area contributed by atoms with Crippen molar-refractivity contribution in [3.63, 3.8) is 0 Å². The van der Waals surface area contributed by atoms with Gasteiger partial charge in [0.2, 0.25) is 0 Å². The van der Waals surface area contributed by atoms with E-state index >= 15 is 0 Å². The highest BCUT2D eigenvalue weighted by atomic mass is 35.5. The number of benzene rings is 2. The molecule has 2 aromatic carbocycles. The van der Waals surface area contributed by atoms with Crippen molar-refractivity contribution in [2.75, 3.05) is 0 Å². The van der Waals surface area contributed by atoms with E-state index < -0.39 is 11.4 Å². The fourth-order valence-electron chi connectivity index (χ4n) is 2.06. The monoisotopic (exact) mass is 289 g/mol. The van der Waals surface area contributed by atoms with Crippen LogP contribution < -0.4 is 0 Å². The van der Waals surface area contributed by atoms with Gasteiger partial charge in [-0.1, -0.05) is 29.8 Å². The molecular formula is C16H13ClFNO. The second kappa shape index (κ2) is 5.62. The third-order valence-electron chi connectivity index (χ3n) is 3.16. The Kier molecular flexibility index (Phi) is 4.08. The fraction of sp³-hybridized carbons (Fsp3) is 0.188. The molecule has 20 heavy (non-hydrogen) atoms. The molecule has 0 saturated carbocycles. The molecule has 0 heterocycles. The lowest BCUT2D eigenvalue weighted by Crippen LogP contribution is -2.24. The maximum absolute atomic E-state index is 13.0. The second-order valence-electron chi connectivity index (χ2n) is 4.88. The van der Waals surface area contributed by atoms with Gasteiger partial charge in [0.15, 0.2) is 0 Å². The molecule has 102 valence electrons. The molecule has 0 amide bonds. The SMILES string of the molecule is CC(O)(Cc1ccc(F)cc1Cl)c1cccc(C#N)c1. The van der Waals surface area contributed by atoms with Crippen molar-refractivity contribution in [3.05, 3.63) is 70.0 Å². The van der Waals surface area contributed by atoms with Gasteiger partial charge in [-0.05, 0) is 42.3 Å².